The number of halogens is 4. The van der Waals surface area contributed by atoms with Gasteiger partial charge in [0.05, 0.1) is 5.02 Å². The van der Waals surface area contributed by atoms with Crippen molar-refractivity contribution in [3.8, 4) is 0 Å². The first-order chi connectivity index (χ1) is 8.54. The van der Waals surface area contributed by atoms with Gasteiger partial charge in [0.15, 0.2) is 0 Å². The molecule has 0 bridgehead atoms. The highest BCUT2D eigenvalue weighted by Gasteiger charge is 2.02. The second kappa shape index (κ2) is 5.67. The molecular weight excluding hydrogens is 324 g/mol. The Hall–Kier alpha value is -1.13. The molecule has 1 N–H and O–H groups in total. The zero-order chi connectivity index (χ0) is 13.1. The lowest BCUT2D eigenvalue weighted by atomic mass is 10.2. The number of hydrogen-bond acceptors (Lipinski definition) is 1. The third kappa shape index (κ3) is 3.43. The normalized spacial score (nSPS) is 10.4. The number of hydrogen-bond donors (Lipinski definition) is 1. The second-order valence-electron chi connectivity index (χ2n) is 3.76. The average molecular weight is 333 g/mol. The van der Waals surface area contributed by atoms with E-state index in [0.717, 1.165) is 16.1 Å². The van der Waals surface area contributed by atoms with Gasteiger partial charge in [0.25, 0.3) is 0 Å². The van der Waals surface area contributed by atoms with E-state index < -0.39 is 11.6 Å². The van der Waals surface area contributed by atoms with Crippen molar-refractivity contribution < 1.29 is 8.78 Å². The molecule has 0 radical (unpaired) electrons. The van der Waals surface area contributed by atoms with E-state index in [2.05, 4.69) is 21.2 Å². The monoisotopic (exact) mass is 331 g/mol. The Bertz CT molecular complexity index is 555. The Morgan fingerprint density at radius 2 is 1.72 bits per heavy atom. The summed E-state index contributed by atoms with van der Waals surface area (Å²) in [5.41, 5.74) is 1.36. The van der Waals surface area contributed by atoms with Crippen molar-refractivity contribution in [2.45, 2.75) is 6.54 Å². The highest BCUT2D eigenvalue weighted by molar-refractivity contribution is 9.10. The number of nitrogens with one attached hydrogen (secondary N) is 1. The summed E-state index contributed by atoms with van der Waals surface area (Å²) in [4.78, 5) is 0. The topological polar surface area (TPSA) is 12.0 Å². The summed E-state index contributed by atoms with van der Waals surface area (Å²) in [5.74, 6) is -1.20. The SMILES string of the molecule is Fc1cc(F)cc(NCc2ccc(Cl)c(Br)c2)c1. The Morgan fingerprint density at radius 1 is 1.06 bits per heavy atom. The van der Waals surface area contributed by atoms with Gasteiger partial charge >= 0.3 is 0 Å². The Kier molecular flexibility index (Phi) is 4.19. The lowest BCUT2D eigenvalue weighted by Gasteiger charge is -2.08. The quantitative estimate of drug-likeness (QED) is 0.834. The van der Waals surface area contributed by atoms with Gasteiger partial charge in [-0.15, -0.1) is 0 Å². The molecule has 0 atom stereocenters. The van der Waals surface area contributed by atoms with Crippen LogP contribution in [0.15, 0.2) is 40.9 Å². The molecule has 5 heteroatoms. The molecule has 0 unspecified atom stereocenters. The summed E-state index contributed by atoms with van der Waals surface area (Å²) in [7, 11) is 0. The molecule has 94 valence electrons. The molecule has 0 amide bonds. The Morgan fingerprint density at radius 3 is 2.33 bits per heavy atom. The van der Waals surface area contributed by atoms with Gasteiger partial charge in [0.1, 0.15) is 11.6 Å². The first-order valence-electron chi connectivity index (χ1n) is 5.18. The van der Waals surface area contributed by atoms with Crippen LogP contribution in [0.5, 0.6) is 0 Å². The molecule has 1 nitrogen and oxygen atoms in total. The molecular formula is C13H9BrClF2N. The summed E-state index contributed by atoms with van der Waals surface area (Å²) >= 11 is 9.19. The van der Waals surface area contributed by atoms with E-state index in [1.165, 1.54) is 12.1 Å². The number of benzene rings is 2. The smallest absolute Gasteiger partial charge is 0.128 e. The van der Waals surface area contributed by atoms with Crippen LogP contribution in [0.2, 0.25) is 5.02 Å². The van der Waals surface area contributed by atoms with Crippen LogP contribution in [0.3, 0.4) is 0 Å². The van der Waals surface area contributed by atoms with E-state index in [0.29, 0.717) is 17.3 Å². The first-order valence-corrected chi connectivity index (χ1v) is 6.35. The Balaban J connectivity index is 2.08. The van der Waals surface area contributed by atoms with Crippen molar-refractivity contribution in [3.63, 3.8) is 0 Å². The van der Waals surface area contributed by atoms with Gasteiger partial charge in [-0.05, 0) is 45.8 Å². The highest BCUT2D eigenvalue weighted by atomic mass is 79.9. The maximum absolute atomic E-state index is 13.0. The van der Waals surface area contributed by atoms with Crippen LogP contribution in [-0.4, -0.2) is 0 Å². The molecule has 2 rings (SSSR count). The van der Waals surface area contributed by atoms with Gasteiger partial charge in [-0.3, -0.25) is 0 Å². The molecule has 0 saturated heterocycles. The maximum atomic E-state index is 13.0. The first kappa shape index (κ1) is 13.3. The van der Waals surface area contributed by atoms with Crippen LogP contribution in [0.4, 0.5) is 14.5 Å². The van der Waals surface area contributed by atoms with Gasteiger partial charge in [0, 0.05) is 22.8 Å². The molecule has 0 fully saturated rings. The molecule has 0 aromatic heterocycles. The minimum absolute atomic E-state index is 0.401. The van der Waals surface area contributed by atoms with Gasteiger partial charge in [-0.1, -0.05) is 17.7 Å². The molecule has 0 spiro atoms. The van der Waals surface area contributed by atoms with Crippen molar-refractivity contribution in [1.82, 2.24) is 0 Å². The minimum atomic E-state index is -0.602. The minimum Gasteiger partial charge on any atom is -0.381 e. The van der Waals surface area contributed by atoms with Crippen molar-refractivity contribution in [2.24, 2.45) is 0 Å². The molecule has 0 aliphatic carbocycles. The van der Waals surface area contributed by atoms with E-state index in [1.807, 2.05) is 12.1 Å². The maximum Gasteiger partial charge on any atom is 0.128 e. The van der Waals surface area contributed by atoms with Gasteiger partial charge in [-0.25, -0.2) is 8.78 Å². The van der Waals surface area contributed by atoms with E-state index in [9.17, 15) is 8.78 Å². The second-order valence-corrected chi connectivity index (χ2v) is 5.02. The third-order valence-electron chi connectivity index (χ3n) is 2.34. The van der Waals surface area contributed by atoms with Crippen LogP contribution in [0.25, 0.3) is 0 Å². The van der Waals surface area contributed by atoms with Crippen molar-refractivity contribution in [2.75, 3.05) is 5.32 Å². The molecule has 0 heterocycles. The fraction of sp³-hybridized carbons (Fsp3) is 0.0769. The zero-order valence-corrected chi connectivity index (χ0v) is 11.5. The van der Waals surface area contributed by atoms with E-state index >= 15 is 0 Å². The van der Waals surface area contributed by atoms with Crippen molar-refractivity contribution in [1.29, 1.82) is 0 Å². The Labute approximate surface area is 117 Å². The predicted molar refractivity (Wildman–Crippen MR) is 72.8 cm³/mol. The van der Waals surface area contributed by atoms with Gasteiger partial charge in [0.2, 0.25) is 0 Å². The molecule has 0 aliphatic rings. The fourth-order valence-electron chi connectivity index (χ4n) is 1.51. The number of rotatable bonds is 3. The van der Waals surface area contributed by atoms with E-state index in [4.69, 9.17) is 11.6 Å². The largest absolute Gasteiger partial charge is 0.381 e. The molecule has 2 aromatic rings. The van der Waals surface area contributed by atoms with Crippen LogP contribution in [-0.2, 0) is 6.54 Å². The lowest BCUT2D eigenvalue weighted by Crippen LogP contribution is -2.00. The van der Waals surface area contributed by atoms with Crippen LogP contribution in [0.1, 0.15) is 5.56 Å². The average Bonchev–Trinajstić information content (AvgIpc) is 2.29. The highest BCUT2D eigenvalue weighted by Crippen LogP contribution is 2.23. The summed E-state index contributed by atoms with van der Waals surface area (Å²) in [6.45, 7) is 0.457. The standard InChI is InChI=1S/C13H9BrClF2N/c14-12-3-8(1-2-13(12)15)7-18-11-5-9(16)4-10(17)6-11/h1-6,18H,7H2. The molecule has 0 saturated carbocycles. The van der Waals surface area contributed by atoms with Gasteiger partial charge < -0.3 is 5.32 Å². The summed E-state index contributed by atoms with van der Waals surface area (Å²) in [5, 5.41) is 3.57. The summed E-state index contributed by atoms with van der Waals surface area (Å²) < 4.78 is 26.7. The van der Waals surface area contributed by atoms with E-state index in [-0.39, 0.29) is 0 Å². The van der Waals surface area contributed by atoms with E-state index in [1.54, 1.807) is 6.07 Å². The third-order valence-corrected chi connectivity index (χ3v) is 3.56. The molecule has 18 heavy (non-hydrogen) atoms. The fourth-order valence-corrected chi connectivity index (χ4v) is 2.05. The number of anilines is 1. The van der Waals surface area contributed by atoms with Crippen molar-refractivity contribution in [3.05, 3.63) is 63.1 Å². The zero-order valence-electron chi connectivity index (χ0n) is 9.18. The van der Waals surface area contributed by atoms with Crippen LogP contribution < -0.4 is 5.32 Å². The predicted octanol–water partition coefficient (Wildman–Crippen LogP) is 4.99. The lowest BCUT2D eigenvalue weighted by molar-refractivity contribution is 0.584. The van der Waals surface area contributed by atoms with Crippen LogP contribution >= 0.6 is 27.5 Å². The van der Waals surface area contributed by atoms with Crippen molar-refractivity contribution >= 4 is 33.2 Å². The van der Waals surface area contributed by atoms with Crippen LogP contribution in [0, 0.1) is 11.6 Å². The van der Waals surface area contributed by atoms with Gasteiger partial charge in [-0.2, -0.15) is 0 Å². The molecule has 2 aromatic carbocycles. The summed E-state index contributed by atoms with van der Waals surface area (Å²) in [6.07, 6.45) is 0. The molecule has 0 aliphatic heterocycles. The summed E-state index contributed by atoms with van der Waals surface area (Å²) in [6, 6.07) is 8.78.